The Kier molecular flexibility index (Phi) is 6.96. The highest BCUT2D eigenvalue weighted by atomic mass is 19.1. The zero-order chi connectivity index (χ0) is 26.0. The zero-order valence-corrected chi connectivity index (χ0v) is 20.2. The van der Waals surface area contributed by atoms with Gasteiger partial charge in [0, 0.05) is 23.9 Å². The van der Waals surface area contributed by atoms with Crippen LogP contribution in [0.3, 0.4) is 0 Å². The van der Waals surface area contributed by atoms with Crippen LogP contribution in [0, 0.1) is 21.8 Å². The first kappa shape index (κ1) is 24.8. The minimum atomic E-state index is -0.988. The fraction of sp³-hybridized carbons (Fsp3) is 0.269. The summed E-state index contributed by atoms with van der Waals surface area (Å²) in [5.41, 5.74) is -1.16. The van der Waals surface area contributed by atoms with Crippen LogP contribution in [0.1, 0.15) is 37.9 Å². The van der Waals surface area contributed by atoms with Crippen molar-refractivity contribution in [2.45, 2.75) is 39.9 Å². The highest BCUT2D eigenvalue weighted by molar-refractivity contribution is 5.68. The van der Waals surface area contributed by atoms with Crippen molar-refractivity contribution in [3.05, 3.63) is 115 Å². The summed E-state index contributed by atoms with van der Waals surface area (Å²) in [4.78, 5) is 38.6. The Labute approximate surface area is 206 Å². The number of nitro groups is 1. The topological polar surface area (TPSA) is 105 Å². The molecule has 0 saturated carbocycles. The third-order valence-electron chi connectivity index (χ3n) is 5.95. The Morgan fingerprint density at radius 1 is 1.03 bits per heavy atom. The van der Waals surface area contributed by atoms with Gasteiger partial charge in [-0.25, -0.2) is 13.8 Å². The maximum absolute atomic E-state index is 14.1. The molecule has 1 atom stereocenters. The third-order valence-corrected chi connectivity index (χ3v) is 5.95. The predicted octanol–water partition coefficient (Wildman–Crippen LogP) is 4.23. The van der Waals surface area contributed by atoms with E-state index in [1.807, 2.05) is 13.8 Å². The molecule has 2 aromatic heterocycles. The molecule has 36 heavy (non-hydrogen) atoms. The highest BCUT2D eigenvalue weighted by Gasteiger charge is 2.31. The first-order chi connectivity index (χ1) is 17.2. The summed E-state index contributed by atoms with van der Waals surface area (Å²) in [7, 11) is 0. The maximum Gasteiger partial charge on any atom is 0.358 e. The van der Waals surface area contributed by atoms with Gasteiger partial charge in [-0.3, -0.25) is 24.2 Å². The molecule has 0 saturated heterocycles. The third kappa shape index (κ3) is 4.74. The molecule has 186 valence electrons. The van der Waals surface area contributed by atoms with Crippen molar-refractivity contribution in [3.63, 3.8) is 0 Å². The molecule has 0 aliphatic rings. The van der Waals surface area contributed by atoms with Gasteiger partial charge >= 0.3 is 16.9 Å². The first-order valence-electron chi connectivity index (χ1n) is 11.5. The summed E-state index contributed by atoms with van der Waals surface area (Å²) in [6.45, 7) is 5.64. The van der Waals surface area contributed by atoms with Gasteiger partial charge in [-0.2, -0.15) is 5.10 Å². The molecule has 0 bridgehead atoms. The molecule has 9 nitrogen and oxygen atoms in total. The van der Waals surface area contributed by atoms with Gasteiger partial charge in [0.1, 0.15) is 11.5 Å². The van der Waals surface area contributed by atoms with E-state index in [0.29, 0.717) is 11.1 Å². The molecule has 1 unspecified atom stereocenters. The summed E-state index contributed by atoms with van der Waals surface area (Å²) < 4.78 is 17.8. The molecule has 4 aromatic rings. The molecule has 0 N–H and O–H groups in total. The van der Waals surface area contributed by atoms with Crippen LogP contribution in [0.5, 0.6) is 0 Å². The van der Waals surface area contributed by atoms with Crippen LogP contribution in [0.15, 0.2) is 76.6 Å². The van der Waals surface area contributed by atoms with Gasteiger partial charge in [0.05, 0.1) is 23.7 Å². The SMILES string of the molecule is CC(C)Cn1c(-c2cnn(Cc3ccccc3F)c2)c([N+](=O)[O-])c(=O)n(C(C)c2ccccc2)c1=O. The molecule has 2 heterocycles. The van der Waals surface area contributed by atoms with Crippen molar-refractivity contribution in [1.29, 1.82) is 0 Å². The molecule has 0 amide bonds. The minimum absolute atomic E-state index is 0.0486. The van der Waals surface area contributed by atoms with Gasteiger partial charge < -0.3 is 0 Å². The second kappa shape index (κ2) is 10.1. The Morgan fingerprint density at radius 2 is 1.69 bits per heavy atom. The largest absolute Gasteiger partial charge is 0.358 e. The lowest BCUT2D eigenvalue weighted by Gasteiger charge is -2.20. The van der Waals surface area contributed by atoms with Gasteiger partial charge in [0.25, 0.3) is 0 Å². The Hall–Kier alpha value is -4.34. The number of hydrogen-bond donors (Lipinski definition) is 0. The highest BCUT2D eigenvalue weighted by Crippen LogP contribution is 2.28. The lowest BCUT2D eigenvalue weighted by Crippen LogP contribution is -2.44. The second-order valence-corrected chi connectivity index (χ2v) is 9.02. The van der Waals surface area contributed by atoms with Crippen molar-refractivity contribution in [1.82, 2.24) is 18.9 Å². The van der Waals surface area contributed by atoms with Gasteiger partial charge in [-0.15, -0.1) is 0 Å². The molecule has 10 heteroatoms. The van der Waals surface area contributed by atoms with E-state index in [-0.39, 0.29) is 30.3 Å². The van der Waals surface area contributed by atoms with Crippen LogP contribution < -0.4 is 11.2 Å². The zero-order valence-electron chi connectivity index (χ0n) is 20.2. The number of nitrogens with zero attached hydrogens (tertiary/aromatic N) is 5. The van der Waals surface area contributed by atoms with Gasteiger partial charge in [-0.05, 0) is 24.5 Å². The molecule has 2 aromatic carbocycles. The Bertz CT molecular complexity index is 1520. The van der Waals surface area contributed by atoms with E-state index in [2.05, 4.69) is 5.10 Å². The normalized spacial score (nSPS) is 12.1. The van der Waals surface area contributed by atoms with Gasteiger partial charge in [0.15, 0.2) is 0 Å². The van der Waals surface area contributed by atoms with E-state index in [1.165, 1.54) is 27.7 Å². The van der Waals surface area contributed by atoms with Crippen LogP contribution in [0.25, 0.3) is 11.3 Å². The van der Waals surface area contributed by atoms with Crippen molar-refractivity contribution in [2.75, 3.05) is 0 Å². The molecule has 0 radical (unpaired) electrons. The Morgan fingerprint density at radius 3 is 2.33 bits per heavy atom. The maximum atomic E-state index is 14.1. The lowest BCUT2D eigenvalue weighted by molar-refractivity contribution is -0.386. The molecular weight excluding hydrogens is 465 g/mol. The number of aromatic nitrogens is 4. The van der Waals surface area contributed by atoms with Crippen LogP contribution in [-0.2, 0) is 13.1 Å². The quantitative estimate of drug-likeness (QED) is 0.271. The smallest absolute Gasteiger partial charge is 0.287 e. The molecule has 4 rings (SSSR count). The number of benzene rings is 2. The molecule has 0 fully saturated rings. The van der Waals surface area contributed by atoms with E-state index < -0.39 is 33.7 Å². The molecule has 0 aliphatic heterocycles. The van der Waals surface area contributed by atoms with Gasteiger partial charge in [-0.1, -0.05) is 62.4 Å². The average molecular weight is 492 g/mol. The van der Waals surface area contributed by atoms with E-state index >= 15 is 0 Å². The molecule has 0 aliphatic carbocycles. The van der Waals surface area contributed by atoms with E-state index in [9.17, 15) is 24.1 Å². The summed E-state index contributed by atoms with van der Waals surface area (Å²) in [6, 6.07) is 14.4. The van der Waals surface area contributed by atoms with E-state index in [0.717, 1.165) is 4.57 Å². The second-order valence-electron chi connectivity index (χ2n) is 9.02. The first-order valence-corrected chi connectivity index (χ1v) is 11.5. The monoisotopic (exact) mass is 491 g/mol. The van der Waals surface area contributed by atoms with Crippen molar-refractivity contribution in [2.24, 2.45) is 5.92 Å². The average Bonchev–Trinajstić information content (AvgIpc) is 3.30. The van der Waals surface area contributed by atoms with Crippen LogP contribution in [0.2, 0.25) is 0 Å². The summed E-state index contributed by atoms with van der Waals surface area (Å²) in [6.07, 6.45) is 2.83. The van der Waals surface area contributed by atoms with E-state index in [1.54, 1.807) is 55.5 Å². The van der Waals surface area contributed by atoms with E-state index in [4.69, 9.17) is 0 Å². The molecule has 0 spiro atoms. The standard InChI is InChI=1S/C26H26FN5O4/c1-17(2)14-30-23(21-13-28-29(16-21)15-20-11-7-8-12-22(20)27)24(32(35)36)25(33)31(26(30)34)18(3)19-9-5-4-6-10-19/h4-13,16-18H,14-15H2,1-3H3. The summed E-state index contributed by atoms with van der Waals surface area (Å²) in [5, 5.41) is 16.4. The van der Waals surface area contributed by atoms with Crippen LogP contribution in [-0.4, -0.2) is 23.8 Å². The predicted molar refractivity (Wildman–Crippen MR) is 133 cm³/mol. The lowest BCUT2D eigenvalue weighted by atomic mass is 10.1. The Balaban J connectivity index is 1.93. The number of hydrogen-bond acceptors (Lipinski definition) is 5. The minimum Gasteiger partial charge on any atom is -0.287 e. The van der Waals surface area contributed by atoms with Crippen molar-refractivity contribution < 1.29 is 9.31 Å². The van der Waals surface area contributed by atoms with Gasteiger partial charge in [0.2, 0.25) is 0 Å². The summed E-state index contributed by atoms with van der Waals surface area (Å²) >= 11 is 0. The fourth-order valence-electron chi connectivity index (χ4n) is 4.24. The summed E-state index contributed by atoms with van der Waals surface area (Å²) in [5.74, 6) is -0.456. The molecular formula is C26H26FN5O4. The van der Waals surface area contributed by atoms with Crippen LogP contribution >= 0.6 is 0 Å². The number of rotatable bonds is 8. The van der Waals surface area contributed by atoms with Crippen molar-refractivity contribution >= 4 is 5.69 Å². The fourth-order valence-corrected chi connectivity index (χ4v) is 4.24. The number of halogens is 1. The van der Waals surface area contributed by atoms with Crippen molar-refractivity contribution in [3.8, 4) is 11.3 Å². The van der Waals surface area contributed by atoms with Crippen LogP contribution in [0.4, 0.5) is 10.1 Å².